The lowest BCUT2D eigenvalue weighted by molar-refractivity contribution is -0.115. The molecule has 0 heterocycles. The fourth-order valence-corrected chi connectivity index (χ4v) is 2.02. The number of rotatable bonds is 4. The molecule has 0 unspecified atom stereocenters. The van der Waals surface area contributed by atoms with E-state index in [2.05, 4.69) is 5.32 Å². The summed E-state index contributed by atoms with van der Waals surface area (Å²) in [6.45, 7) is 1.71. The van der Waals surface area contributed by atoms with Crippen molar-refractivity contribution in [3.8, 4) is 0 Å². The van der Waals surface area contributed by atoms with Crippen molar-refractivity contribution in [3.63, 3.8) is 0 Å². The molecule has 2 aromatic carbocycles. The number of nitrogen functional groups attached to an aromatic ring is 1. The molecule has 0 aliphatic heterocycles. The summed E-state index contributed by atoms with van der Waals surface area (Å²) in [5, 5.41) is 11.8. The van der Waals surface area contributed by atoms with Crippen LogP contribution in [0.4, 0.5) is 11.4 Å². The smallest absolute Gasteiger partial charge is 0.336 e. The van der Waals surface area contributed by atoms with Gasteiger partial charge in [-0.1, -0.05) is 18.2 Å². The van der Waals surface area contributed by atoms with E-state index in [-0.39, 0.29) is 17.9 Å². The van der Waals surface area contributed by atoms with Crippen LogP contribution >= 0.6 is 0 Å². The lowest BCUT2D eigenvalue weighted by Gasteiger charge is -2.08. The molecule has 21 heavy (non-hydrogen) atoms. The highest BCUT2D eigenvalue weighted by Crippen LogP contribution is 2.16. The third-order valence-electron chi connectivity index (χ3n) is 3.07. The van der Waals surface area contributed by atoms with Crippen molar-refractivity contribution in [3.05, 3.63) is 59.2 Å². The van der Waals surface area contributed by atoms with E-state index in [1.54, 1.807) is 37.3 Å². The topological polar surface area (TPSA) is 92.4 Å². The molecule has 4 N–H and O–H groups in total. The Morgan fingerprint density at radius 1 is 1.19 bits per heavy atom. The second-order valence-corrected chi connectivity index (χ2v) is 4.80. The van der Waals surface area contributed by atoms with Crippen LogP contribution in [-0.2, 0) is 11.2 Å². The van der Waals surface area contributed by atoms with Crippen LogP contribution in [0.1, 0.15) is 21.5 Å². The summed E-state index contributed by atoms with van der Waals surface area (Å²) >= 11 is 0. The summed E-state index contributed by atoms with van der Waals surface area (Å²) in [7, 11) is 0. The number of anilines is 2. The summed E-state index contributed by atoms with van der Waals surface area (Å²) in [5.74, 6) is -1.24. The van der Waals surface area contributed by atoms with Gasteiger partial charge in [-0.15, -0.1) is 0 Å². The molecule has 0 saturated carbocycles. The summed E-state index contributed by atoms with van der Waals surface area (Å²) in [4.78, 5) is 23.0. The number of carbonyl (C=O) groups is 2. The van der Waals surface area contributed by atoms with Gasteiger partial charge in [-0.25, -0.2) is 4.79 Å². The van der Waals surface area contributed by atoms with Crippen LogP contribution in [0.5, 0.6) is 0 Å². The first kappa shape index (κ1) is 14.6. The van der Waals surface area contributed by atoms with Gasteiger partial charge in [0.1, 0.15) is 0 Å². The maximum Gasteiger partial charge on any atom is 0.336 e. The quantitative estimate of drug-likeness (QED) is 0.752. The molecular formula is C16H16N2O3. The Morgan fingerprint density at radius 2 is 1.95 bits per heavy atom. The molecule has 0 radical (unpaired) electrons. The summed E-state index contributed by atoms with van der Waals surface area (Å²) in [6.07, 6.45) is 0.182. The molecule has 5 nitrogen and oxygen atoms in total. The summed E-state index contributed by atoms with van der Waals surface area (Å²) < 4.78 is 0. The fraction of sp³-hybridized carbons (Fsp3) is 0.125. The molecule has 0 aromatic heterocycles. The SMILES string of the molecule is Cc1ccc(NC(=O)Cc2cccc(N)c2)cc1C(=O)O. The minimum atomic E-state index is -1.01. The van der Waals surface area contributed by atoms with E-state index >= 15 is 0 Å². The van der Waals surface area contributed by atoms with E-state index in [1.807, 2.05) is 6.07 Å². The Morgan fingerprint density at radius 3 is 2.62 bits per heavy atom. The molecule has 0 spiro atoms. The Labute approximate surface area is 122 Å². The zero-order chi connectivity index (χ0) is 15.4. The number of aromatic carboxylic acids is 1. The van der Waals surface area contributed by atoms with Crippen molar-refractivity contribution in [1.82, 2.24) is 0 Å². The second-order valence-electron chi connectivity index (χ2n) is 4.80. The monoisotopic (exact) mass is 284 g/mol. The molecule has 0 fully saturated rings. The third kappa shape index (κ3) is 3.82. The van der Waals surface area contributed by atoms with Crippen LogP contribution in [0.25, 0.3) is 0 Å². The first-order valence-corrected chi connectivity index (χ1v) is 6.44. The Kier molecular flexibility index (Phi) is 4.23. The first-order chi connectivity index (χ1) is 9.95. The Balaban J connectivity index is 2.09. The van der Waals surface area contributed by atoms with E-state index in [0.29, 0.717) is 16.9 Å². The molecule has 0 aliphatic carbocycles. The van der Waals surface area contributed by atoms with Crippen LogP contribution in [0.15, 0.2) is 42.5 Å². The second kappa shape index (κ2) is 6.09. The molecule has 5 heteroatoms. The highest BCUT2D eigenvalue weighted by molar-refractivity contribution is 5.95. The average molecular weight is 284 g/mol. The van der Waals surface area contributed by atoms with Crippen molar-refractivity contribution in [1.29, 1.82) is 0 Å². The lowest BCUT2D eigenvalue weighted by atomic mass is 10.1. The molecule has 0 saturated heterocycles. The maximum absolute atomic E-state index is 12.0. The van der Waals surface area contributed by atoms with Gasteiger partial charge < -0.3 is 16.2 Å². The van der Waals surface area contributed by atoms with E-state index in [0.717, 1.165) is 5.56 Å². The first-order valence-electron chi connectivity index (χ1n) is 6.44. The number of hydrogen-bond donors (Lipinski definition) is 3. The van der Waals surface area contributed by atoms with Gasteiger partial charge in [0.2, 0.25) is 5.91 Å². The van der Waals surface area contributed by atoms with Crippen molar-refractivity contribution in [2.45, 2.75) is 13.3 Å². The van der Waals surface area contributed by atoms with Gasteiger partial charge >= 0.3 is 5.97 Å². The number of benzene rings is 2. The Bertz CT molecular complexity index is 696. The van der Waals surface area contributed by atoms with Gasteiger partial charge in [0, 0.05) is 11.4 Å². The van der Waals surface area contributed by atoms with E-state index in [4.69, 9.17) is 10.8 Å². The van der Waals surface area contributed by atoms with Crippen molar-refractivity contribution < 1.29 is 14.7 Å². The van der Waals surface area contributed by atoms with Gasteiger partial charge in [0.05, 0.1) is 12.0 Å². The number of carboxylic acid groups (broad SMARTS) is 1. The van der Waals surface area contributed by atoms with Crippen molar-refractivity contribution in [2.75, 3.05) is 11.1 Å². The normalized spacial score (nSPS) is 10.1. The number of carbonyl (C=O) groups excluding carboxylic acids is 1. The lowest BCUT2D eigenvalue weighted by Crippen LogP contribution is -2.15. The predicted octanol–water partition coefficient (Wildman–Crippen LogP) is 2.46. The molecule has 0 bridgehead atoms. The van der Waals surface area contributed by atoms with Gasteiger partial charge in [-0.2, -0.15) is 0 Å². The molecule has 0 aliphatic rings. The minimum absolute atomic E-state index is 0.178. The minimum Gasteiger partial charge on any atom is -0.478 e. The van der Waals surface area contributed by atoms with E-state index in [1.165, 1.54) is 6.07 Å². The zero-order valence-electron chi connectivity index (χ0n) is 11.6. The predicted molar refractivity (Wildman–Crippen MR) is 81.3 cm³/mol. The summed E-state index contributed by atoms with van der Waals surface area (Å²) in [6, 6.07) is 11.9. The zero-order valence-corrected chi connectivity index (χ0v) is 11.6. The highest BCUT2D eigenvalue weighted by Gasteiger charge is 2.10. The Hall–Kier alpha value is -2.82. The average Bonchev–Trinajstić information content (AvgIpc) is 2.40. The maximum atomic E-state index is 12.0. The van der Waals surface area contributed by atoms with Crippen molar-refractivity contribution in [2.24, 2.45) is 0 Å². The molecule has 108 valence electrons. The van der Waals surface area contributed by atoms with Gasteiger partial charge in [0.15, 0.2) is 0 Å². The van der Waals surface area contributed by atoms with Gasteiger partial charge in [0.25, 0.3) is 0 Å². The van der Waals surface area contributed by atoms with Gasteiger partial charge in [-0.3, -0.25) is 4.79 Å². The largest absolute Gasteiger partial charge is 0.478 e. The van der Waals surface area contributed by atoms with Crippen LogP contribution < -0.4 is 11.1 Å². The molecule has 2 rings (SSSR count). The van der Waals surface area contributed by atoms with E-state index < -0.39 is 5.97 Å². The number of nitrogens with one attached hydrogen (secondary N) is 1. The third-order valence-corrected chi connectivity index (χ3v) is 3.07. The number of carboxylic acids is 1. The highest BCUT2D eigenvalue weighted by atomic mass is 16.4. The molecular weight excluding hydrogens is 268 g/mol. The molecule has 2 aromatic rings. The number of nitrogens with two attached hydrogens (primary N) is 1. The molecule has 1 amide bonds. The van der Waals surface area contributed by atoms with Crippen LogP contribution in [0.3, 0.4) is 0 Å². The van der Waals surface area contributed by atoms with E-state index in [9.17, 15) is 9.59 Å². The number of amides is 1. The van der Waals surface area contributed by atoms with Crippen molar-refractivity contribution >= 4 is 23.3 Å². The van der Waals surface area contributed by atoms with Gasteiger partial charge in [-0.05, 0) is 42.3 Å². The standard InChI is InChI=1S/C16H16N2O3/c1-10-5-6-13(9-14(10)16(20)21)18-15(19)8-11-3-2-4-12(17)7-11/h2-7,9H,8,17H2,1H3,(H,18,19)(H,20,21). The van der Waals surface area contributed by atoms with Crippen LogP contribution in [0.2, 0.25) is 0 Å². The summed E-state index contributed by atoms with van der Waals surface area (Å²) in [5.41, 5.74) is 8.36. The fourth-order valence-electron chi connectivity index (χ4n) is 2.02. The van der Waals surface area contributed by atoms with Crippen LogP contribution in [-0.4, -0.2) is 17.0 Å². The number of aryl methyl sites for hydroxylation is 1. The van der Waals surface area contributed by atoms with Crippen LogP contribution in [0, 0.1) is 6.92 Å². The molecule has 0 atom stereocenters. The number of hydrogen-bond acceptors (Lipinski definition) is 3.